The number of para-hydroxylation sites is 1. The van der Waals surface area contributed by atoms with Crippen LogP contribution >= 0.6 is 0 Å². The number of phenols is 1. The number of fused-ring (bicyclic) bond motifs is 5. The van der Waals surface area contributed by atoms with E-state index in [4.69, 9.17) is 5.73 Å². The second kappa shape index (κ2) is 16.6. The van der Waals surface area contributed by atoms with Crippen LogP contribution in [0.3, 0.4) is 0 Å². The highest BCUT2D eigenvalue weighted by molar-refractivity contribution is 6.20. The van der Waals surface area contributed by atoms with Crippen LogP contribution in [0.15, 0.2) is 173 Å². The van der Waals surface area contributed by atoms with Gasteiger partial charge < -0.3 is 31.1 Å². The van der Waals surface area contributed by atoms with Gasteiger partial charge in [-0.05, 0) is 135 Å². The van der Waals surface area contributed by atoms with Gasteiger partial charge in [0.05, 0.1) is 11.2 Å². The Morgan fingerprint density at radius 1 is 0.700 bits per heavy atom. The van der Waals surface area contributed by atoms with Crippen LogP contribution in [-0.2, 0) is 12.8 Å². The van der Waals surface area contributed by atoms with E-state index in [-0.39, 0.29) is 5.75 Å². The van der Waals surface area contributed by atoms with Crippen LogP contribution in [0.1, 0.15) is 53.3 Å². The van der Waals surface area contributed by atoms with Crippen LogP contribution in [0.25, 0.3) is 32.6 Å². The third-order valence-corrected chi connectivity index (χ3v) is 11.5. The van der Waals surface area contributed by atoms with E-state index in [0.717, 1.165) is 86.0 Å². The molecule has 298 valence electrons. The second-order valence-corrected chi connectivity index (χ2v) is 15.8. The molecular weight excluding hydrogens is 741 g/mol. The van der Waals surface area contributed by atoms with E-state index in [2.05, 4.69) is 136 Å². The number of aromatic amines is 1. The van der Waals surface area contributed by atoms with Crippen LogP contribution in [0.2, 0.25) is 0 Å². The summed E-state index contributed by atoms with van der Waals surface area (Å²) in [5.74, 6) is -0.133. The third kappa shape index (κ3) is 7.97. The van der Waals surface area contributed by atoms with Crippen molar-refractivity contribution in [2.24, 2.45) is 16.0 Å². The lowest BCUT2D eigenvalue weighted by molar-refractivity contribution is 0.204. The minimum atomic E-state index is -1.21. The van der Waals surface area contributed by atoms with Gasteiger partial charge in [-0.2, -0.15) is 5.11 Å². The van der Waals surface area contributed by atoms with Gasteiger partial charge in [0.1, 0.15) is 5.69 Å². The van der Waals surface area contributed by atoms with Gasteiger partial charge in [-0.15, -0.1) is 5.11 Å². The quantitative estimate of drug-likeness (QED) is 0.0623. The smallest absolute Gasteiger partial charge is 0.154 e. The van der Waals surface area contributed by atoms with Crippen molar-refractivity contribution in [1.29, 1.82) is 0 Å². The van der Waals surface area contributed by atoms with Crippen LogP contribution in [-0.4, -0.2) is 15.2 Å². The molecule has 0 amide bonds. The lowest BCUT2D eigenvalue weighted by Crippen LogP contribution is -2.10. The molecule has 0 spiro atoms. The first kappa shape index (κ1) is 38.4. The normalized spacial score (nSPS) is 13.5. The van der Waals surface area contributed by atoms with Gasteiger partial charge in [-0.3, -0.25) is 0 Å². The number of H-pyrrole nitrogens is 1. The number of hydrogen-bond acceptors (Lipinski definition) is 7. The molecule has 0 fully saturated rings. The summed E-state index contributed by atoms with van der Waals surface area (Å²) in [4.78, 5) is 5.84. The third-order valence-electron chi connectivity index (χ3n) is 11.5. The molecule has 1 aliphatic carbocycles. The molecule has 9 rings (SSSR count). The van der Waals surface area contributed by atoms with Crippen molar-refractivity contribution >= 4 is 61.0 Å². The average Bonchev–Trinajstić information content (AvgIpc) is 3.65. The van der Waals surface area contributed by atoms with Crippen molar-refractivity contribution in [3.63, 3.8) is 0 Å². The van der Waals surface area contributed by atoms with Crippen LogP contribution in [0, 0.1) is 13.8 Å². The Kier molecular flexibility index (Phi) is 10.6. The number of hydrogen-bond donors (Lipinski definition) is 5. The van der Waals surface area contributed by atoms with Crippen LogP contribution < -0.4 is 16.0 Å². The fourth-order valence-electron chi connectivity index (χ4n) is 8.09. The molecule has 1 heterocycles. The topological polar surface area (TPSA) is 122 Å². The molecule has 8 nitrogen and oxygen atoms in total. The molecule has 0 bridgehead atoms. The number of aromatic hydroxyl groups is 1. The lowest BCUT2D eigenvalue weighted by atomic mass is 9.99. The van der Waals surface area contributed by atoms with Gasteiger partial charge in [0.25, 0.3) is 0 Å². The fraction of sp³-hybridized carbons (Fsp3) is 0.154. The Morgan fingerprint density at radius 3 is 1.95 bits per heavy atom. The average molecular weight is 789 g/mol. The standard InChI is InChI=1S/C52H48N6O2/c1-33-10-25-41(26-11-33)58(42-27-12-34(2)13-28-42)43-29-16-36(17-30-43)7-5-6-35-14-21-39(22-15-35)54-52(60)46-32-37-18-31-45-44-8-3-4-9-47(44)55-49(45)48(37)50(51(46)59)57-56-40-23-19-38(53)20-24-40/h3-4,8-19,21-23,25-32,52,54-55,59-60H,5-7,20,24,53H2,1-2H3. The first-order valence-electron chi connectivity index (χ1n) is 20.6. The molecule has 7 aromatic carbocycles. The molecule has 0 saturated carbocycles. The zero-order valence-electron chi connectivity index (χ0n) is 33.9. The number of rotatable bonds is 12. The van der Waals surface area contributed by atoms with Crippen molar-refractivity contribution in [2.75, 3.05) is 10.2 Å². The number of phenolic OH excluding ortho intramolecular Hbond substituents is 1. The summed E-state index contributed by atoms with van der Waals surface area (Å²) >= 11 is 0. The molecule has 0 radical (unpaired) electrons. The first-order chi connectivity index (χ1) is 29.3. The number of nitrogens with zero attached hydrogens (tertiary/aromatic N) is 3. The molecule has 6 N–H and O–H groups in total. The Labute approximate surface area is 350 Å². The zero-order chi connectivity index (χ0) is 41.2. The molecule has 1 atom stereocenters. The largest absolute Gasteiger partial charge is 0.505 e. The SMILES string of the molecule is Cc1ccc(N(c2ccc(C)cc2)c2ccc(CCCc3ccc(NC(O)c4cc5ccc6c7ccccc7[nH]c6c5c(N=NC5=CC=C(N)CC5)c4O)cc3)cc2)cc1. The summed E-state index contributed by atoms with van der Waals surface area (Å²) in [5, 5.41) is 39.4. The van der Waals surface area contributed by atoms with E-state index in [1.54, 1.807) is 0 Å². The Hall–Kier alpha value is -7.16. The maximum atomic E-state index is 11.8. The summed E-state index contributed by atoms with van der Waals surface area (Å²) in [6.07, 6.45) is 6.72. The summed E-state index contributed by atoms with van der Waals surface area (Å²) in [5.41, 5.74) is 19.1. The molecule has 60 heavy (non-hydrogen) atoms. The second-order valence-electron chi connectivity index (χ2n) is 15.8. The number of aromatic nitrogens is 1. The van der Waals surface area contributed by atoms with E-state index in [1.165, 1.54) is 22.3 Å². The van der Waals surface area contributed by atoms with Gasteiger partial charge in [0, 0.05) is 55.7 Å². The molecule has 1 unspecified atom stereocenters. The monoisotopic (exact) mass is 788 g/mol. The molecule has 8 heteroatoms. The highest BCUT2D eigenvalue weighted by Gasteiger charge is 2.22. The van der Waals surface area contributed by atoms with Gasteiger partial charge in [-0.1, -0.05) is 90.0 Å². The van der Waals surface area contributed by atoms with Crippen molar-refractivity contribution < 1.29 is 10.2 Å². The first-order valence-corrected chi connectivity index (χ1v) is 20.6. The van der Waals surface area contributed by atoms with Gasteiger partial charge in [0.15, 0.2) is 12.0 Å². The number of aliphatic hydroxyl groups is 1. The summed E-state index contributed by atoms with van der Waals surface area (Å²) in [6, 6.07) is 48.3. The van der Waals surface area contributed by atoms with Gasteiger partial charge in [-0.25, -0.2) is 0 Å². The number of azo groups is 1. The fourth-order valence-corrected chi connectivity index (χ4v) is 8.09. The van der Waals surface area contributed by atoms with E-state index in [0.29, 0.717) is 24.1 Å². The summed E-state index contributed by atoms with van der Waals surface area (Å²) in [7, 11) is 0. The Morgan fingerprint density at radius 2 is 1.32 bits per heavy atom. The predicted octanol–water partition coefficient (Wildman–Crippen LogP) is 13.1. The number of aryl methyl sites for hydroxylation is 4. The zero-order valence-corrected chi connectivity index (χ0v) is 33.9. The van der Waals surface area contributed by atoms with Crippen molar-refractivity contribution in [1.82, 2.24) is 4.98 Å². The molecule has 1 aromatic heterocycles. The van der Waals surface area contributed by atoms with E-state index in [9.17, 15) is 10.2 Å². The van der Waals surface area contributed by atoms with Gasteiger partial charge in [0.2, 0.25) is 0 Å². The molecule has 0 aliphatic heterocycles. The maximum absolute atomic E-state index is 11.8. The van der Waals surface area contributed by atoms with Crippen molar-refractivity contribution in [3.05, 3.63) is 191 Å². The van der Waals surface area contributed by atoms with Crippen LogP contribution in [0.4, 0.5) is 28.4 Å². The molecule has 8 aromatic rings. The van der Waals surface area contributed by atoms with E-state index >= 15 is 0 Å². The van der Waals surface area contributed by atoms with Gasteiger partial charge >= 0.3 is 0 Å². The number of benzene rings is 7. The van der Waals surface area contributed by atoms with E-state index in [1.807, 2.05) is 54.6 Å². The molecule has 1 aliphatic rings. The highest BCUT2D eigenvalue weighted by Crippen LogP contribution is 2.45. The molecular formula is C52H48N6O2. The van der Waals surface area contributed by atoms with Crippen LogP contribution in [0.5, 0.6) is 5.75 Å². The maximum Gasteiger partial charge on any atom is 0.154 e. The number of aliphatic hydroxyl groups excluding tert-OH is 1. The number of anilines is 4. The predicted molar refractivity (Wildman–Crippen MR) is 247 cm³/mol. The number of nitrogens with one attached hydrogen (secondary N) is 2. The number of nitrogens with two attached hydrogens (primary N) is 1. The molecule has 0 saturated heterocycles. The van der Waals surface area contributed by atoms with E-state index < -0.39 is 6.23 Å². The summed E-state index contributed by atoms with van der Waals surface area (Å²) in [6.45, 7) is 4.23. The lowest BCUT2D eigenvalue weighted by Gasteiger charge is -2.26. The summed E-state index contributed by atoms with van der Waals surface area (Å²) < 4.78 is 0. The van der Waals surface area contributed by atoms with Crippen molar-refractivity contribution in [2.45, 2.75) is 52.2 Å². The minimum absolute atomic E-state index is 0.133. The Bertz CT molecular complexity index is 2860. The Balaban J connectivity index is 0.896. The number of allylic oxidation sites excluding steroid dienone is 4. The highest BCUT2D eigenvalue weighted by atomic mass is 16.3. The van der Waals surface area contributed by atoms with Crippen molar-refractivity contribution in [3.8, 4) is 5.75 Å². The minimum Gasteiger partial charge on any atom is -0.505 e.